The molecular formula is C16H22N2O4. The fraction of sp³-hybridized carbons (Fsp3) is 0.500. The van der Waals surface area contributed by atoms with Gasteiger partial charge >= 0.3 is 12.1 Å². The van der Waals surface area contributed by atoms with Gasteiger partial charge in [0.05, 0.1) is 6.54 Å². The molecule has 0 radical (unpaired) electrons. The van der Waals surface area contributed by atoms with Crippen LogP contribution in [0.2, 0.25) is 0 Å². The molecule has 0 spiro atoms. The second-order valence-electron chi connectivity index (χ2n) is 5.39. The van der Waals surface area contributed by atoms with E-state index >= 15 is 0 Å². The molecule has 1 fully saturated rings. The highest BCUT2D eigenvalue weighted by molar-refractivity contribution is 5.69. The van der Waals surface area contributed by atoms with Crippen LogP contribution in [0.5, 0.6) is 0 Å². The van der Waals surface area contributed by atoms with Crippen molar-refractivity contribution in [3.63, 3.8) is 0 Å². The predicted octanol–water partition coefficient (Wildman–Crippen LogP) is 1.80. The summed E-state index contributed by atoms with van der Waals surface area (Å²) in [5, 5.41) is 8.91. The van der Waals surface area contributed by atoms with E-state index in [0.717, 1.165) is 12.0 Å². The second kappa shape index (κ2) is 7.79. The maximum atomic E-state index is 12.1. The second-order valence-corrected chi connectivity index (χ2v) is 5.39. The number of hydrogen-bond donors (Lipinski definition) is 1. The van der Waals surface area contributed by atoms with E-state index in [1.54, 1.807) is 4.90 Å². The molecule has 1 saturated heterocycles. The van der Waals surface area contributed by atoms with E-state index in [2.05, 4.69) is 0 Å². The molecule has 1 atom stereocenters. The summed E-state index contributed by atoms with van der Waals surface area (Å²) in [4.78, 5) is 26.5. The number of rotatable bonds is 6. The van der Waals surface area contributed by atoms with Crippen molar-refractivity contribution in [3.05, 3.63) is 35.9 Å². The number of carboxylic acids is 1. The number of nitrogens with zero attached hydrogens (tertiary/aromatic N) is 2. The zero-order valence-electron chi connectivity index (χ0n) is 12.8. The quantitative estimate of drug-likeness (QED) is 0.868. The summed E-state index contributed by atoms with van der Waals surface area (Å²) in [5.41, 5.74) is 0.952. The Bertz CT molecular complexity index is 506. The minimum atomic E-state index is -0.841. The third-order valence-corrected chi connectivity index (χ3v) is 3.89. The van der Waals surface area contributed by atoms with Crippen LogP contribution >= 0.6 is 0 Å². The minimum Gasteiger partial charge on any atom is -0.480 e. The van der Waals surface area contributed by atoms with E-state index in [0.29, 0.717) is 19.6 Å². The normalized spacial score (nSPS) is 17.7. The van der Waals surface area contributed by atoms with E-state index in [1.807, 2.05) is 42.2 Å². The number of carbonyl (C=O) groups is 2. The molecule has 1 aromatic carbocycles. The number of carboxylic acid groups (broad SMARTS) is 1. The lowest BCUT2D eigenvalue weighted by Gasteiger charge is -2.25. The lowest BCUT2D eigenvalue weighted by molar-refractivity contribution is -0.138. The predicted molar refractivity (Wildman–Crippen MR) is 81.5 cm³/mol. The summed E-state index contributed by atoms with van der Waals surface area (Å²) in [6.45, 7) is 3.98. The SMILES string of the molecule is CCN(CC(=O)O)[C@H]1CCN(C(=O)OCc2ccccc2)C1. The number of aliphatic carboxylic acids is 1. The van der Waals surface area contributed by atoms with Gasteiger partial charge in [0.15, 0.2) is 0 Å². The topological polar surface area (TPSA) is 70.1 Å². The summed E-state index contributed by atoms with van der Waals surface area (Å²) in [6.07, 6.45) is 0.444. The van der Waals surface area contributed by atoms with Crippen LogP contribution in [0.4, 0.5) is 4.79 Å². The summed E-state index contributed by atoms with van der Waals surface area (Å²) >= 11 is 0. The van der Waals surface area contributed by atoms with Crippen LogP contribution in [0.25, 0.3) is 0 Å². The van der Waals surface area contributed by atoms with Gasteiger partial charge in [0.1, 0.15) is 6.61 Å². The smallest absolute Gasteiger partial charge is 0.410 e. The molecule has 0 aromatic heterocycles. The maximum Gasteiger partial charge on any atom is 0.410 e. The monoisotopic (exact) mass is 306 g/mol. The van der Waals surface area contributed by atoms with Crippen LogP contribution in [0, 0.1) is 0 Å². The van der Waals surface area contributed by atoms with Gasteiger partial charge in [0.2, 0.25) is 0 Å². The zero-order valence-corrected chi connectivity index (χ0v) is 12.8. The van der Waals surface area contributed by atoms with E-state index in [9.17, 15) is 9.59 Å². The van der Waals surface area contributed by atoms with Crippen LogP contribution < -0.4 is 0 Å². The first kappa shape index (κ1) is 16.3. The largest absolute Gasteiger partial charge is 0.480 e. The Hall–Kier alpha value is -2.08. The number of amides is 1. The third kappa shape index (κ3) is 4.46. The molecule has 2 rings (SSSR count). The van der Waals surface area contributed by atoms with Crippen LogP contribution in [-0.2, 0) is 16.1 Å². The van der Waals surface area contributed by atoms with E-state index in [4.69, 9.17) is 9.84 Å². The molecule has 1 amide bonds. The molecule has 22 heavy (non-hydrogen) atoms. The van der Waals surface area contributed by atoms with Gasteiger partial charge in [0.25, 0.3) is 0 Å². The highest BCUT2D eigenvalue weighted by Crippen LogP contribution is 2.17. The van der Waals surface area contributed by atoms with Gasteiger partial charge in [-0.3, -0.25) is 9.69 Å². The average Bonchev–Trinajstić information content (AvgIpc) is 3.01. The van der Waals surface area contributed by atoms with Crippen molar-refractivity contribution in [3.8, 4) is 0 Å². The number of carbonyl (C=O) groups excluding carboxylic acids is 1. The number of benzene rings is 1. The fourth-order valence-electron chi connectivity index (χ4n) is 2.69. The summed E-state index contributed by atoms with van der Waals surface area (Å²) in [5.74, 6) is -0.841. The molecule has 1 aromatic rings. The number of likely N-dealkylation sites (N-methyl/N-ethyl adjacent to an activating group) is 1. The highest BCUT2D eigenvalue weighted by Gasteiger charge is 2.31. The lowest BCUT2D eigenvalue weighted by atomic mass is 10.2. The summed E-state index contributed by atoms with van der Waals surface area (Å²) in [7, 11) is 0. The molecule has 1 heterocycles. The molecule has 6 nitrogen and oxygen atoms in total. The van der Waals surface area contributed by atoms with Crippen LogP contribution in [0.3, 0.4) is 0 Å². The van der Waals surface area contributed by atoms with Crippen molar-refractivity contribution in [1.82, 2.24) is 9.80 Å². The molecule has 0 bridgehead atoms. The van der Waals surface area contributed by atoms with Crippen molar-refractivity contribution in [1.29, 1.82) is 0 Å². The number of likely N-dealkylation sites (tertiary alicyclic amines) is 1. The van der Waals surface area contributed by atoms with E-state index < -0.39 is 5.97 Å². The Balaban J connectivity index is 1.81. The first-order valence-corrected chi connectivity index (χ1v) is 7.51. The Morgan fingerprint density at radius 2 is 2.09 bits per heavy atom. The summed E-state index contributed by atoms with van der Waals surface area (Å²) < 4.78 is 5.31. The van der Waals surface area contributed by atoms with E-state index in [1.165, 1.54) is 0 Å². The molecular weight excluding hydrogens is 284 g/mol. The van der Waals surface area contributed by atoms with Gasteiger partial charge in [-0.1, -0.05) is 37.3 Å². The lowest BCUT2D eigenvalue weighted by Crippen LogP contribution is -2.41. The van der Waals surface area contributed by atoms with Gasteiger partial charge in [-0.2, -0.15) is 0 Å². The Kier molecular flexibility index (Phi) is 5.77. The van der Waals surface area contributed by atoms with Crippen LogP contribution in [0.1, 0.15) is 18.9 Å². The Morgan fingerprint density at radius 1 is 1.36 bits per heavy atom. The van der Waals surface area contributed by atoms with Gasteiger partial charge < -0.3 is 14.7 Å². The molecule has 120 valence electrons. The molecule has 0 unspecified atom stereocenters. The van der Waals surface area contributed by atoms with Crippen molar-refractivity contribution in [2.45, 2.75) is 26.0 Å². The van der Waals surface area contributed by atoms with Crippen molar-refractivity contribution in [2.75, 3.05) is 26.2 Å². The minimum absolute atomic E-state index is 0.00801. The molecule has 0 aliphatic carbocycles. The molecule has 1 N–H and O–H groups in total. The molecule has 6 heteroatoms. The first-order valence-electron chi connectivity index (χ1n) is 7.51. The van der Waals surface area contributed by atoms with Crippen LogP contribution in [0.15, 0.2) is 30.3 Å². The van der Waals surface area contributed by atoms with Gasteiger partial charge in [-0.25, -0.2) is 4.79 Å². The van der Waals surface area contributed by atoms with Gasteiger partial charge in [-0.15, -0.1) is 0 Å². The standard InChI is InChI=1S/C16H22N2O4/c1-2-17(11-15(19)20)14-8-9-18(10-14)16(21)22-12-13-6-4-3-5-7-13/h3-7,14H,2,8-12H2,1H3,(H,19,20)/t14-/m0/s1. The first-order chi connectivity index (χ1) is 10.6. The van der Waals surface area contributed by atoms with Gasteiger partial charge in [-0.05, 0) is 18.5 Å². The van der Waals surface area contributed by atoms with Gasteiger partial charge in [0, 0.05) is 19.1 Å². The number of ether oxygens (including phenoxy) is 1. The van der Waals surface area contributed by atoms with E-state index in [-0.39, 0.29) is 25.3 Å². The van der Waals surface area contributed by atoms with Crippen LogP contribution in [-0.4, -0.2) is 59.2 Å². The Morgan fingerprint density at radius 3 is 2.73 bits per heavy atom. The average molecular weight is 306 g/mol. The van der Waals surface area contributed by atoms with Crippen molar-refractivity contribution >= 4 is 12.1 Å². The number of hydrogen-bond acceptors (Lipinski definition) is 4. The molecule has 1 aliphatic heterocycles. The Labute approximate surface area is 130 Å². The third-order valence-electron chi connectivity index (χ3n) is 3.89. The summed E-state index contributed by atoms with van der Waals surface area (Å²) in [6, 6.07) is 9.63. The van der Waals surface area contributed by atoms with Crippen molar-refractivity contribution < 1.29 is 19.4 Å². The zero-order chi connectivity index (χ0) is 15.9. The van der Waals surface area contributed by atoms with Crippen molar-refractivity contribution in [2.24, 2.45) is 0 Å². The molecule has 1 aliphatic rings. The molecule has 0 saturated carbocycles. The fourth-order valence-corrected chi connectivity index (χ4v) is 2.69. The highest BCUT2D eigenvalue weighted by atomic mass is 16.6. The maximum absolute atomic E-state index is 12.1.